The van der Waals surface area contributed by atoms with Crippen molar-refractivity contribution in [3.8, 4) is 5.75 Å². The number of aromatic nitrogens is 1. The first-order valence-corrected chi connectivity index (χ1v) is 11.7. The molecule has 2 aromatic carbocycles. The van der Waals surface area contributed by atoms with Gasteiger partial charge in [0.1, 0.15) is 16.2 Å². The molecule has 2 aliphatic rings. The van der Waals surface area contributed by atoms with Gasteiger partial charge in [-0.05, 0) is 42.7 Å². The maximum atomic E-state index is 12.1. The summed E-state index contributed by atoms with van der Waals surface area (Å²) in [6.45, 7) is 5.98. The zero-order chi connectivity index (χ0) is 21.6. The van der Waals surface area contributed by atoms with E-state index in [1.165, 1.54) is 16.9 Å². The minimum absolute atomic E-state index is 0.0530. The second-order valence-electron chi connectivity index (χ2n) is 8.35. The van der Waals surface area contributed by atoms with E-state index in [0.29, 0.717) is 10.9 Å². The van der Waals surface area contributed by atoms with Crippen molar-refractivity contribution in [1.29, 1.82) is 0 Å². The highest BCUT2D eigenvalue weighted by atomic mass is 35.5. The second-order valence-corrected chi connectivity index (χ2v) is 9.99. The van der Waals surface area contributed by atoms with Gasteiger partial charge in [-0.2, -0.15) is 0 Å². The first-order chi connectivity index (χ1) is 14.9. The van der Waals surface area contributed by atoms with Crippen molar-refractivity contribution in [2.24, 2.45) is 0 Å². The Balaban J connectivity index is 1.51. The van der Waals surface area contributed by atoms with Gasteiger partial charge in [0.15, 0.2) is 5.13 Å². The van der Waals surface area contributed by atoms with Crippen molar-refractivity contribution in [2.45, 2.75) is 31.8 Å². The van der Waals surface area contributed by atoms with Gasteiger partial charge >= 0.3 is 0 Å². The van der Waals surface area contributed by atoms with Crippen LogP contribution in [0.25, 0.3) is 0 Å². The van der Waals surface area contributed by atoms with E-state index in [-0.39, 0.29) is 17.4 Å². The van der Waals surface area contributed by atoms with Gasteiger partial charge in [-0.3, -0.25) is 4.79 Å². The molecule has 1 amide bonds. The number of halogens is 1. The number of carbonyl (C=O) groups excluding carboxylic acids is 1. The maximum absolute atomic E-state index is 12.1. The summed E-state index contributed by atoms with van der Waals surface area (Å²) < 4.78 is 6.99. The molecule has 5 nitrogen and oxygen atoms in total. The smallest absolute Gasteiger partial charge is 0.219 e. The lowest BCUT2D eigenvalue weighted by molar-refractivity contribution is -0.127. The number of fused-ring (bicyclic) bond motifs is 2. The summed E-state index contributed by atoms with van der Waals surface area (Å²) in [5, 5.41) is 0.885. The first-order valence-electron chi connectivity index (χ1n) is 10.5. The molecule has 0 radical (unpaired) electrons. The van der Waals surface area contributed by atoms with Crippen molar-refractivity contribution >= 4 is 39.7 Å². The molecule has 3 aromatic rings. The summed E-state index contributed by atoms with van der Waals surface area (Å²) in [6, 6.07) is 16.5. The predicted octanol–water partition coefficient (Wildman–Crippen LogP) is 5.58. The molecule has 3 heterocycles. The molecule has 0 saturated carbocycles. The van der Waals surface area contributed by atoms with Crippen LogP contribution in [-0.4, -0.2) is 35.4 Å². The molecule has 0 bridgehead atoms. The quantitative estimate of drug-likeness (QED) is 0.517. The predicted molar refractivity (Wildman–Crippen MR) is 125 cm³/mol. The molecule has 0 N–H and O–H groups in total. The molecule has 1 saturated heterocycles. The zero-order valence-corrected chi connectivity index (χ0v) is 19.1. The number of anilines is 2. The van der Waals surface area contributed by atoms with Crippen molar-refractivity contribution in [3.63, 3.8) is 0 Å². The third kappa shape index (κ3) is 3.68. The molecule has 0 aliphatic carbocycles. The fraction of sp³-hybridized carbons (Fsp3) is 0.333. The van der Waals surface area contributed by atoms with Crippen LogP contribution in [0.1, 0.15) is 37.5 Å². The number of carbonyl (C=O) groups is 1. The number of hydrogen-bond acceptors (Lipinski definition) is 5. The number of ether oxygens (including phenoxy) is 1. The highest BCUT2D eigenvalue weighted by Crippen LogP contribution is 2.51. The molecule has 1 spiro atoms. The van der Waals surface area contributed by atoms with Crippen LogP contribution < -0.4 is 9.64 Å². The zero-order valence-electron chi connectivity index (χ0n) is 17.5. The van der Waals surface area contributed by atoms with Crippen LogP contribution >= 0.6 is 22.9 Å². The van der Waals surface area contributed by atoms with Crippen LogP contribution in [-0.2, 0) is 10.2 Å². The minimum atomic E-state index is -0.130. The minimum Gasteiger partial charge on any atom is -0.486 e. The van der Waals surface area contributed by atoms with Crippen molar-refractivity contribution in [2.75, 3.05) is 24.5 Å². The number of nitrogens with zero attached hydrogens (tertiary/aromatic N) is 3. The van der Waals surface area contributed by atoms with Crippen molar-refractivity contribution < 1.29 is 9.53 Å². The first kappa shape index (κ1) is 20.3. The lowest BCUT2D eigenvalue weighted by atomic mass is 9.81. The van der Waals surface area contributed by atoms with Crippen LogP contribution in [0.5, 0.6) is 5.75 Å². The Bertz CT molecular complexity index is 1120. The fourth-order valence-corrected chi connectivity index (χ4v) is 5.66. The molecule has 2 atom stereocenters. The molecule has 1 fully saturated rings. The number of hydrogen-bond donors (Lipinski definition) is 0. The molecular formula is C24H24ClN3O2S. The molecule has 2 aliphatic heterocycles. The molecule has 2 unspecified atom stereocenters. The van der Waals surface area contributed by atoms with Gasteiger partial charge in [-0.25, -0.2) is 4.98 Å². The van der Waals surface area contributed by atoms with Gasteiger partial charge in [-0.15, -0.1) is 0 Å². The van der Waals surface area contributed by atoms with E-state index in [9.17, 15) is 4.79 Å². The number of amides is 1. The molecular weight excluding hydrogens is 430 g/mol. The normalized spacial score (nSPS) is 20.9. The Morgan fingerprint density at radius 1 is 1.23 bits per heavy atom. The molecule has 7 heteroatoms. The van der Waals surface area contributed by atoms with Crippen molar-refractivity contribution in [3.05, 3.63) is 70.2 Å². The van der Waals surface area contributed by atoms with E-state index < -0.39 is 0 Å². The second kappa shape index (κ2) is 7.84. The van der Waals surface area contributed by atoms with Gasteiger partial charge in [0, 0.05) is 37.7 Å². The third-order valence-corrected chi connectivity index (χ3v) is 7.51. The van der Waals surface area contributed by atoms with Crippen LogP contribution in [0.3, 0.4) is 0 Å². The largest absolute Gasteiger partial charge is 0.486 e. The Hall–Kier alpha value is -2.57. The number of thiazole rings is 1. The van der Waals surface area contributed by atoms with Gasteiger partial charge in [0.25, 0.3) is 0 Å². The Morgan fingerprint density at radius 2 is 2.03 bits per heavy atom. The van der Waals surface area contributed by atoms with E-state index in [1.807, 2.05) is 29.2 Å². The Kier molecular flexibility index (Phi) is 5.15. The SMILES string of the molecule is CC(=O)N1CCC2(C1)CN(c1ncc(Cl)s1)c1ccc(OC(C)c3ccccc3)cc12. The van der Waals surface area contributed by atoms with Crippen LogP contribution in [0.4, 0.5) is 10.8 Å². The fourth-order valence-electron chi connectivity index (χ4n) is 4.75. The molecule has 1 aromatic heterocycles. The van der Waals surface area contributed by atoms with Crippen LogP contribution in [0, 0.1) is 0 Å². The van der Waals surface area contributed by atoms with E-state index >= 15 is 0 Å². The maximum Gasteiger partial charge on any atom is 0.219 e. The van der Waals surface area contributed by atoms with E-state index in [0.717, 1.165) is 41.6 Å². The summed E-state index contributed by atoms with van der Waals surface area (Å²) in [5.41, 5.74) is 3.35. The van der Waals surface area contributed by atoms with Gasteiger partial charge in [-0.1, -0.05) is 53.3 Å². The standard InChI is InChI=1S/C24H24ClN3O2S/c1-16(18-6-4-3-5-7-18)30-19-8-9-21-20(12-19)24(10-11-27(14-24)17(2)29)15-28(21)23-26-13-22(25)31-23/h3-9,12-13,16H,10-11,14-15H2,1-2H3. The topological polar surface area (TPSA) is 45.7 Å². The van der Waals surface area contributed by atoms with Crippen molar-refractivity contribution in [1.82, 2.24) is 9.88 Å². The van der Waals surface area contributed by atoms with Gasteiger partial charge in [0.05, 0.1) is 6.20 Å². The van der Waals surface area contributed by atoms with E-state index in [4.69, 9.17) is 16.3 Å². The van der Waals surface area contributed by atoms with E-state index in [2.05, 4.69) is 41.1 Å². The highest BCUT2D eigenvalue weighted by Gasteiger charge is 2.49. The molecule has 31 heavy (non-hydrogen) atoms. The van der Waals surface area contributed by atoms with Crippen LogP contribution in [0.2, 0.25) is 4.34 Å². The van der Waals surface area contributed by atoms with Gasteiger partial charge < -0.3 is 14.5 Å². The molecule has 160 valence electrons. The number of likely N-dealkylation sites (tertiary alicyclic amines) is 1. The Labute approximate surface area is 191 Å². The number of benzene rings is 2. The van der Waals surface area contributed by atoms with Crippen LogP contribution in [0.15, 0.2) is 54.7 Å². The lowest BCUT2D eigenvalue weighted by Gasteiger charge is -2.25. The van der Waals surface area contributed by atoms with E-state index in [1.54, 1.807) is 13.1 Å². The Morgan fingerprint density at radius 3 is 2.71 bits per heavy atom. The average molecular weight is 454 g/mol. The number of rotatable bonds is 4. The monoisotopic (exact) mass is 453 g/mol. The summed E-state index contributed by atoms with van der Waals surface area (Å²) in [4.78, 5) is 20.8. The molecule has 5 rings (SSSR count). The third-order valence-electron chi connectivity index (χ3n) is 6.37. The lowest BCUT2D eigenvalue weighted by Crippen LogP contribution is -2.36. The summed E-state index contributed by atoms with van der Waals surface area (Å²) in [7, 11) is 0. The average Bonchev–Trinajstić information content (AvgIpc) is 3.47. The summed E-state index contributed by atoms with van der Waals surface area (Å²) in [6.07, 6.45) is 2.57. The van der Waals surface area contributed by atoms with Gasteiger partial charge in [0.2, 0.25) is 5.91 Å². The summed E-state index contributed by atoms with van der Waals surface area (Å²) >= 11 is 7.66. The highest BCUT2D eigenvalue weighted by molar-refractivity contribution is 7.19. The summed E-state index contributed by atoms with van der Waals surface area (Å²) in [5.74, 6) is 0.967.